The number of ketones is 1. The zero-order chi connectivity index (χ0) is 14.0. The van der Waals surface area contributed by atoms with Crippen LogP contribution in [0, 0.1) is 20.8 Å². The molecule has 0 N–H and O–H groups in total. The molecule has 19 heavy (non-hydrogen) atoms. The minimum Gasteiger partial charge on any atom is -0.294 e. The van der Waals surface area contributed by atoms with Crippen LogP contribution in [0.15, 0.2) is 30.3 Å². The van der Waals surface area contributed by atoms with Crippen molar-refractivity contribution in [1.29, 1.82) is 0 Å². The molecule has 0 spiro atoms. The average Bonchev–Trinajstić information content (AvgIpc) is 2.31. The molecule has 0 aliphatic carbocycles. The lowest BCUT2D eigenvalue weighted by Crippen LogP contribution is -2.06. The molecule has 0 unspecified atom stereocenters. The molecule has 0 aliphatic rings. The van der Waals surface area contributed by atoms with Crippen molar-refractivity contribution in [3.05, 3.63) is 63.4 Å². The molecule has 1 aromatic carbocycles. The highest BCUT2D eigenvalue weighted by molar-refractivity contribution is 6.31. The Morgan fingerprint density at radius 2 is 1.74 bits per heavy atom. The molecule has 2 aromatic rings. The Morgan fingerprint density at radius 1 is 1.11 bits per heavy atom. The number of rotatable bonds is 3. The van der Waals surface area contributed by atoms with E-state index in [1.165, 1.54) is 0 Å². The molecule has 0 fully saturated rings. The van der Waals surface area contributed by atoms with Crippen LogP contribution in [0.2, 0.25) is 5.02 Å². The Morgan fingerprint density at radius 3 is 2.32 bits per heavy atom. The van der Waals surface area contributed by atoms with Crippen molar-refractivity contribution in [2.45, 2.75) is 27.2 Å². The van der Waals surface area contributed by atoms with Gasteiger partial charge < -0.3 is 0 Å². The van der Waals surface area contributed by atoms with Gasteiger partial charge >= 0.3 is 0 Å². The smallest absolute Gasteiger partial charge is 0.167 e. The van der Waals surface area contributed by atoms with Crippen molar-refractivity contribution in [3.63, 3.8) is 0 Å². The standard InChI is InChI=1S/C16H16ClNO/c1-10-4-5-13(15(17)6-10)9-16(19)14-7-11(2)18-12(3)8-14/h4-8H,9H2,1-3H3. The van der Waals surface area contributed by atoms with Gasteiger partial charge in [-0.2, -0.15) is 0 Å². The fourth-order valence-corrected chi connectivity index (χ4v) is 2.37. The lowest BCUT2D eigenvalue weighted by atomic mass is 10.0. The first-order valence-electron chi connectivity index (χ1n) is 6.19. The zero-order valence-corrected chi connectivity index (χ0v) is 12.1. The van der Waals surface area contributed by atoms with E-state index in [9.17, 15) is 4.79 Å². The molecular weight excluding hydrogens is 258 g/mol. The second-order valence-electron chi connectivity index (χ2n) is 4.83. The normalized spacial score (nSPS) is 10.5. The number of halogens is 1. The Hall–Kier alpha value is -1.67. The van der Waals surface area contributed by atoms with Crippen molar-refractivity contribution < 1.29 is 4.79 Å². The van der Waals surface area contributed by atoms with Crippen LogP contribution in [0.4, 0.5) is 0 Å². The van der Waals surface area contributed by atoms with Crippen molar-refractivity contribution in [1.82, 2.24) is 4.98 Å². The summed E-state index contributed by atoms with van der Waals surface area (Å²) >= 11 is 6.16. The lowest BCUT2D eigenvalue weighted by molar-refractivity contribution is 0.0992. The molecule has 2 nitrogen and oxygen atoms in total. The summed E-state index contributed by atoms with van der Waals surface area (Å²) in [5.41, 5.74) is 4.37. The van der Waals surface area contributed by atoms with E-state index in [0.29, 0.717) is 17.0 Å². The molecule has 0 radical (unpaired) electrons. The average molecular weight is 274 g/mol. The summed E-state index contributed by atoms with van der Waals surface area (Å²) in [4.78, 5) is 16.5. The number of aryl methyl sites for hydroxylation is 3. The topological polar surface area (TPSA) is 30.0 Å². The van der Waals surface area contributed by atoms with E-state index in [1.807, 2.05) is 51.1 Å². The van der Waals surface area contributed by atoms with Gasteiger partial charge in [0.05, 0.1) is 0 Å². The van der Waals surface area contributed by atoms with Crippen LogP contribution in [-0.2, 0) is 6.42 Å². The highest BCUT2D eigenvalue weighted by Crippen LogP contribution is 2.20. The molecule has 0 amide bonds. The predicted octanol–water partition coefficient (Wildman–Crippen LogP) is 4.09. The second kappa shape index (κ2) is 5.54. The monoisotopic (exact) mass is 273 g/mol. The quantitative estimate of drug-likeness (QED) is 0.789. The Kier molecular flexibility index (Phi) is 4.01. The molecule has 2 rings (SSSR count). The maximum Gasteiger partial charge on any atom is 0.167 e. The Labute approximate surface area is 118 Å². The molecule has 0 bridgehead atoms. The summed E-state index contributed by atoms with van der Waals surface area (Å²) < 4.78 is 0. The lowest BCUT2D eigenvalue weighted by Gasteiger charge is -2.06. The van der Waals surface area contributed by atoms with E-state index in [0.717, 1.165) is 22.5 Å². The van der Waals surface area contributed by atoms with Gasteiger partial charge in [-0.25, -0.2) is 0 Å². The summed E-state index contributed by atoms with van der Waals surface area (Å²) in [6.07, 6.45) is 0.321. The fraction of sp³-hybridized carbons (Fsp3) is 0.250. The number of hydrogen-bond donors (Lipinski definition) is 0. The maximum atomic E-state index is 12.3. The number of nitrogens with zero attached hydrogens (tertiary/aromatic N) is 1. The van der Waals surface area contributed by atoms with E-state index in [-0.39, 0.29) is 5.78 Å². The van der Waals surface area contributed by atoms with E-state index < -0.39 is 0 Å². The van der Waals surface area contributed by atoms with Crippen LogP contribution < -0.4 is 0 Å². The summed E-state index contributed by atoms with van der Waals surface area (Å²) in [6, 6.07) is 9.40. The predicted molar refractivity (Wildman–Crippen MR) is 77.9 cm³/mol. The van der Waals surface area contributed by atoms with E-state index in [2.05, 4.69) is 4.98 Å². The summed E-state index contributed by atoms with van der Waals surface area (Å²) in [7, 11) is 0. The first-order valence-corrected chi connectivity index (χ1v) is 6.57. The number of pyridine rings is 1. The van der Waals surface area contributed by atoms with Gasteiger partial charge in [0.15, 0.2) is 5.78 Å². The third-order valence-electron chi connectivity index (χ3n) is 2.96. The summed E-state index contributed by atoms with van der Waals surface area (Å²) in [5.74, 6) is 0.0688. The molecule has 1 heterocycles. The molecule has 0 aliphatic heterocycles. The van der Waals surface area contributed by atoms with Crippen molar-refractivity contribution in [3.8, 4) is 0 Å². The first kappa shape index (κ1) is 13.8. The van der Waals surface area contributed by atoms with Gasteiger partial charge in [-0.1, -0.05) is 23.7 Å². The van der Waals surface area contributed by atoms with E-state index in [1.54, 1.807) is 0 Å². The number of carbonyl (C=O) groups is 1. The van der Waals surface area contributed by atoms with Crippen molar-refractivity contribution in [2.24, 2.45) is 0 Å². The Bertz CT molecular complexity index is 614. The van der Waals surface area contributed by atoms with Crippen LogP contribution >= 0.6 is 11.6 Å². The minimum atomic E-state index is 0.0688. The maximum absolute atomic E-state index is 12.3. The third kappa shape index (κ3) is 3.42. The molecule has 1 aromatic heterocycles. The van der Waals surface area contributed by atoms with E-state index in [4.69, 9.17) is 11.6 Å². The highest BCUT2D eigenvalue weighted by atomic mass is 35.5. The summed E-state index contributed by atoms with van der Waals surface area (Å²) in [5, 5.41) is 0.649. The molecule has 0 atom stereocenters. The van der Waals surface area contributed by atoms with Gasteiger partial charge in [-0.3, -0.25) is 9.78 Å². The van der Waals surface area contributed by atoms with Gasteiger partial charge in [0.2, 0.25) is 0 Å². The van der Waals surface area contributed by atoms with Crippen LogP contribution in [0.1, 0.15) is 32.9 Å². The number of aromatic nitrogens is 1. The van der Waals surface area contributed by atoms with Crippen LogP contribution in [-0.4, -0.2) is 10.8 Å². The minimum absolute atomic E-state index is 0.0688. The number of Topliss-reactive ketones (excluding diaryl/α,β-unsaturated/α-hetero) is 1. The van der Waals surface area contributed by atoms with E-state index >= 15 is 0 Å². The highest BCUT2D eigenvalue weighted by Gasteiger charge is 2.11. The summed E-state index contributed by atoms with van der Waals surface area (Å²) in [6.45, 7) is 5.76. The molecule has 0 saturated heterocycles. The number of benzene rings is 1. The van der Waals surface area contributed by atoms with Gasteiger partial charge in [-0.15, -0.1) is 0 Å². The van der Waals surface area contributed by atoms with Gasteiger partial charge in [-0.05, 0) is 50.1 Å². The zero-order valence-electron chi connectivity index (χ0n) is 11.3. The van der Waals surface area contributed by atoms with Crippen LogP contribution in [0.5, 0.6) is 0 Å². The SMILES string of the molecule is Cc1ccc(CC(=O)c2cc(C)nc(C)c2)c(Cl)c1. The van der Waals surface area contributed by atoms with Gasteiger partial charge in [0.1, 0.15) is 0 Å². The van der Waals surface area contributed by atoms with Crippen LogP contribution in [0.3, 0.4) is 0 Å². The Balaban J connectivity index is 2.25. The van der Waals surface area contributed by atoms with Crippen LogP contribution in [0.25, 0.3) is 0 Å². The molecular formula is C16H16ClNO. The third-order valence-corrected chi connectivity index (χ3v) is 3.31. The van der Waals surface area contributed by atoms with Gasteiger partial charge in [0.25, 0.3) is 0 Å². The molecule has 0 saturated carbocycles. The first-order chi connectivity index (χ1) is 8.95. The van der Waals surface area contributed by atoms with Crippen molar-refractivity contribution in [2.75, 3.05) is 0 Å². The largest absolute Gasteiger partial charge is 0.294 e. The fourth-order valence-electron chi connectivity index (χ4n) is 2.07. The molecule has 3 heteroatoms. The van der Waals surface area contributed by atoms with Gasteiger partial charge in [0, 0.05) is 28.4 Å². The number of hydrogen-bond acceptors (Lipinski definition) is 2. The second-order valence-corrected chi connectivity index (χ2v) is 5.24. The number of carbonyl (C=O) groups excluding carboxylic acids is 1. The van der Waals surface area contributed by atoms with Crippen molar-refractivity contribution >= 4 is 17.4 Å². The molecule has 98 valence electrons.